The van der Waals surface area contributed by atoms with Crippen LogP contribution in [0.2, 0.25) is 0 Å². The fourth-order valence-corrected chi connectivity index (χ4v) is 1.67. The summed E-state index contributed by atoms with van der Waals surface area (Å²) >= 11 is 0. The first-order valence-corrected chi connectivity index (χ1v) is 6.85. The number of nitrogens with one attached hydrogen (secondary N) is 1. The Bertz CT molecular complexity index is 478. The molecule has 118 valence electrons. The number of nitrogens with zero attached hydrogens (tertiary/aromatic N) is 1. The van der Waals surface area contributed by atoms with E-state index in [-0.39, 0.29) is 30.3 Å². The lowest BCUT2D eigenvalue weighted by molar-refractivity contribution is 0.0802. The maximum atomic E-state index is 12.0. The minimum absolute atomic E-state index is 0. The Morgan fingerprint density at radius 3 is 2.52 bits per heavy atom. The van der Waals surface area contributed by atoms with Crippen molar-refractivity contribution in [2.75, 3.05) is 20.1 Å². The van der Waals surface area contributed by atoms with E-state index in [4.69, 9.17) is 5.73 Å². The van der Waals surface area contributed by atoms with Crippen LogP contribution in [0.25, 0.3) is 0 Å². The number of benzene rings is 1. The maximum Gasteiger partial charge on any atom is 0.253 e. The van der Waals surface area contributed by atoms with Gasteiger partial charge < -0.3 is 16.0 Å². The number of hydrogen-bond acceptors (Lipinski definition) is 3. The molecule has 0 aromatic heterocycles. The Hall–Kier alpha value is -1.59. The molecule has 1 aromatic carbocycles. The average molecular weight is 314 g/mol. The fourth-order valence-electron chi connectivity index (χ4n) is 1.67. The van der Waals surface area contributed by atoms with Crippen LogP contribution < -0.4 is 11.1 Å². The van der Waals surface area contributed by atoms with Gasteiger partial charge in [-0.15, -0.1) is 12.4 Å². The molecule has 2 amide bonds. The Kier molecular flexibility index (Phi) is 8.66. The molecule has 0 aliphatic heterocycles. The molecule has 1 aromatic rings. The van der Waals surface area contributed by atoms with E-state index in [1.807, 2.05) is 13.8 Å². The quantitative estimate of drug-likeness (QED) is 0.839. The molecule has 0 aliphatic rings. The largest absolute Gasteiger partial charge is 0.352 e. The van der Waals surface area contributed by atoms with Crippen molar-refractivity contribution in [2.24, 2.45) is 5.73 Å². The Balaban J connectivity index is 0.00000400. The van der Waals surface area contributed by atoms with Crippen LogP contribution in [0.5, 0.6) is 0 Å². The minimum atomic E-state index is -0.181. The van der Waals surface area contributed by atoms with Crippen molar-refractivity contribution < 1.29 is 9.59 Å². The summed E-state index contributed by atoms with van der Waals surface area (Å²) in [6, 6.07) is 6.81. The molecule has 0 heterocycles. The van der Waals surface area contributed by atoms with Crippen LogP contribution in [0, 0.1) is 0 Å². The van der Waals surface area contributed by atoms with Gasteiger partial charge in [0.05, 0.1) is 0 Å². The molecule has 0 bridgehead atoms. The van der Waals surface area contributed by atoms with E-state index in [1.54, 1.807) is 36.2 Å². The smallest absolute Gasteiger partial charge is 0.253 e. The molecule has 1 atom stereocenters. The predicted octanol–water partition coefficient (Wildman–Crippen LogP) is 1.67. The lowest BCUT2D eigenvalue weighted by Gasteiger charge is -2.15. The molecular formula is C15H24ClN3O2. The second-order valence-corrected chi connectivity index (χ2v) is 4.92. The van der Waals surface area contributed by atoms with Crippen molar-refractivity contribution in [3.63, 3.8) is 0 Å². The van der Waals surface area contributed by atoms with E-state index in [9.17, 15) is 9.59 Å². The lowest BCUT2D eigenvalue weighted by atomic mass is 10.1. The van der Waals surface area contributed by atoms with Crippen LogP contribution in [-0.2, 0) is 0 Å². The van der Waals surface area contributed by atoms with E-state index in [0.29, 0.717) is 24.2 Å². The van der Waals surface area contributed by atoms with E-state index < -0.39 is 0 Å². The second kappa shape index (κ2) is 9.37. The molecule has 3 N–H and O–H groups in total. The van der Waals surface area contributed by atoms with E-state index in [2.05, 4.69) is 5.32 Å². The van der Waals surface area contributed by atoms with Gasteiger partial charge in [0.2, 0.25) is 0 Å². The van der Waals surface area contributed by atoms with E-state index in [1.165, 1.54) is 0 Å². The van der Waals surface area contributed by atoms with Gasteiger partial charge in [-0.3, -0.25) is 9.59 Å². The number of hydrogen-bond donors (Lipinski definition) is 2. The summed E-state index contributed by atoms with van der Waals surface area (Å²) in [5, 5.41) is 2.80. The summed E-state index contributed by atoms with van der Waals surface area (Å²) in [4.78, 5) is 25.6. The Morgan fingerprint density at radius 2 is 1.95 bits per heavy atom. The molecule has 21 heavy (non-hydrogen) atoms. The number of rotatable bonds is 6. The van der Waals surface area contributed by atoms with Crippen LogP contribution in [0.3, 0.4) is 0 Å². The number of nitrogens with two attached hydrogens (primary N) is 1. The molecule has 6 heteroatoms. The van der Waals surface area contributed by atoms with E-state index >= 15 is 0 Å². The number of amides is 2. The third kappa shape index (κ3) is 6.14. The summed E-state index contributed by atoms with van der Waals surface area (Å²) in [5.74, 6) is -0.266. The predicted molar refractivity (Wildman–Crippen MR) is 86.9 cm³/mol. The van der Waals surface area contributed by atoms with Gasteiger partial charge in [-0.2, -0.15) is 0 Å². The maximum absolute atomic E-state index is 12.0. The molecule has 0 saturated heterocycles. The van der Waals surface area contributed by atoms with Gasteiger partial charge in [0, 0.05) is 37.3 Å². The molecule has 0 radical (unpaired) electrons. The van der Waals surface area contributed by atoms with Gasteiger partial charge in [-0.25, -0.2) is 0 Å². The summed E-state index contributed by atoms with van der Waals surface area (Å²) < 4.78 is 0. The van der Waals surface area contributed by atoms with Crippen LogP contribution in [0.4, 0.5) is 0 Å². The SMILES string of the molecule is CCN(C)C(=O)c1cccc(C(=O)NCCC(C)N)c1.Cl. The highest BCUT2D eigenvalue weighted by molar-refractivity contribution is 5.99. The van der Waals surface area contributed by atoms with Crippen molar-refractivity contribution in [1.82, 2.24) is 10.2 Å². The third-order valence-electron chi connectivity index (χ3n) is 3.08. The number of halogens is 1. The standard InChI is InChI=1S/C15H23N3O2.ClH/c1-4-18(3)15(20)13-7-5-6-12(10-13)14(19)17-9-8-11(2)16;/h5-7,10-11H,4,8-9,16H2,1-3H3,(H,17,19);1H. The van der Waals surface area contributed by atoms with E-state index in [0.717, 1.165) is 6.42 Å². The van der Waals surface area contributed by atoms with Gasteiger partial charge in [0.1, 0.15) is 0 Å². The molecule has 0 fully saturated rings. The molecule has 0 saturated carbocycles. The Labute approximate surface area is 132 Å². The van der Waals surface area contributed by atoms with Gasteiger partial charge in [0.15, 0.2) is 0 Å². The molecule has 0 aliphatic carbocycles. The van der Waals surface area contributed by atoms with Crippen molar-refractivity contribution in [1.29, 1.82) is 0 Å². The molecular weight excluding hydrogens is 290 g/mol. The van der Waals surface area contributed by atoms with Gasteiger partial charge in [-0.05, 0) is 38.5 Å². The highest BCUT2D eigenvalue weighted by Gasteiger charge is 2.12. The van der Waals surface area contributed by atoms with Gasteiger partial charge in [0.25, 0.3) is 11.8 Å². The Morgan fingerprint density at radius 1 is 1.33 bits per heavy atom. The van der Waals surface area contributed by atoms with Crippen LogP contribution in [0.15, 0.2) is 24.3 Å². The van der Waals surface area contributed by atoms with Crippen LogP contribution >= 0.6 is 12.4 Å². The first-order chi connectivity index (χ1) is 9.45. The van der Waals surface area contributed by atoms with Gasteiger partial charge in [-0.1, -0.05) is 6.07 Å². The van der Waals surface area contributed by atoms with Crippen molar-refractivity contribution in [2.45, 2.75) is 26.3 Å². The molecule has 5 nitrogen and oxygen atoms in total. The summed E-state index contributed by atoms with van der Waals surface area (Å²) in [6.07, 6.45) is 0.725. The van der Waals surface area contributed by atoms with Crippen molar-refractivity contribution in [3.05, 3.63) is 35.4 Å². The first kappa shape index (κ1) is 19.4. The van der Waals surface area contributed by atoms with Crippen molar-refractivity contribution in [3.8, 4) is 0 Å². The van der Waals surface area contributed by atoms with Crippen molar-refractivity contribution >= 4 is 24.2 Å². The average Bonchev–Trinajstić information content (AvgIpc) is 2.45. The topological polar surface area (TPSA) is 75.4 Å². The summed E-state index contributed by atoms with van der Waals surface area (Å²) in [5.41, 5.74) is 6.64. The zero-order chi connectivity index (χ0) is 15.1. The highest BCUT2D eigenvalue weighted by atomic mass is 35.5. The second-order valence-electron chi connectivity index (χ2n) is 4.92. The molecule has 1 rings (SSSR count). The number of carbonyl (C=O) groups is 2. The zero-order valence-corrected chi connectivity index (χ0v) is 13.6. The highest BCUT2D eigenvalue weighted by Crippen LogP contribution is 2.08. The number of carbonyl (C=O) groups excluding carboxylic acids is 2. The van der Waals surface area contributed by atoms with Crippen LogP contribution in [0.1, 0.15) is 41.0 Å². The third-order valence-corrected chi connectivity index (χ3v) is 3.08. The summed E-state index contributed by atoms with van der Waals surface area (Å²) in [7, 11) is 1.73. The zero-order valence-electron chi connectivity index (χ0n) is 12.8. The fraction of sp³-hybridized carbons (Fsp3) is 0.467. The first-order valence-electron chi connectivity index (χ1n) is 6.85. The normalized spacial score (nSPS) is 11.2. The van der Waals surface area contributed by atoms with Crippen LogP contribution in [-0.4, -0.2) is 42.9 Å². The molecule has 0 spiro atoms. The van der Waals surface area contributed by atoms with Gasteiger partial charge >= 0.3 is 0 Å². The molecule has 1 unspecified atom stereocenters. The summed E-state index contributed by atoms with van der Waals surface area (Å²) in [6.45, 7) is 4.96. The minimum Gasteiger partial charge on any atom is -0.352 e. The monoisotopic (exact) mass is 313 g/mol. The lowest BCUT2D eigenvalue weighted by Crippen LogP contribution is -2.29.